The number of anilines is 1. The summed E-state index contributed by atoms with van der Waals surface area (Å²) in [6, 6.07) is 14.7. The molecule has 5 nitrogen and oxygen atoms in total. The van der Waals surface area contributed by atoms with Crippen LogP contribution in [0.5, 0.6) is 5.75 Å². The second kappa shape index (κ2) is 11.0. The summed E-state index contributed by atoms with van der Waals surface area (Å²) in [6.07, 6.45) is 3.97. The van der Waals surface area contributed by atoms with Gasteiger partial charge in [0.2, 0.25) is 5.91 Å². The van der Waals surface area contributed by atoms with Crippen LogP contribution in [0.15, 0.2) is 48.5 Å². The molecule has 5 heteroatoms. The molecule has 2 aromatic carbocycles. The lowest BCUT2D eigenvalue weighted by molar-refractivity contribution is -0.120. The molecule has 2 aromatic rings. The van der Waals surface area contributed by atoms with E-state index >= 15 is 0 Å². The number of hydrogen-bond acceptors (Lipinski definition) is 4. The number of hydrogen-bond donors (Lipinski definition) is 1. The highest BCUT2D eigenvalue weighted by molar-refractivity contribution is 5.96. The molecule has 0 bridgehead atoms. The topological polar surface area (TPSA) is 64.6 Å². The second-order valence-electron chi connectivity index (χ2n) is 8.84. The van der Waals surface area contributed by atoms with E-state index < -0.39 is 5.97 Å². The number of esters is 1. The standard InChI is InChI=1S/C26H33NO4/c1-18(2)12-13-30-23-15-21(26(29)31-17-20-9-5-4-6-10-20)14-22(16-23)27-25(28)24-11-7-8-19(24)3/h4-6,9-10,14-16,18-19,24H,7-8,11-13,17H2,1-3H3,(H,27,28)/t19-,24-/m0/s1. The second-order valence-corrected chi connectivity index (χ2v) is 8.84. The fraction of sp³-hybridized carbons (Fsp3) is 0.462. The summed E-state index contributed by atoms with van der Waals surface area (Å²) < 4.78 is 11.4. The first-order chi connectivity index (χ1) is 14.9. The van der Waals surface area contributed by atoms with Gasteiger partial charge in [0.25, 0.3) is 0 Å². The van der Waals surface area contributed by atoms with Crippen molar-refractivity contribution in [3.8, 4) is 5.75 Å². The Labute approximate surface area is 185 Å². The van der Waals surface area contributed by atoms with E-state index in [9.17, 15) is 9.59 Å². The Bertz CT molecular complexity index is 878. The molecular weight excluding hydrogens is 390 g/mol. The van der Waals surface area contributed by atoms with Gasteiger partial charge in [0, 0.05) is 17.7 Å². The van der Waals surface area contributed by atoms with Gasteiger partial charge in [-0.05, 0) is 48.8 Å². The molecular formula is C26H33NO4. The predicted octanol–water partition coefficient (Wildman–Crippen LogP) is 5.84. The summed E-state index contributed by atoms with van der Waals surface area (Å²) in [5.74, 6) is 1.03. The van der Waals surface area contributed by atoms with E-state index in [0.717, 1.165) is 31.2 Å². The quantitative estimate of drug-likeness (QED) is 0.514. The van der Waals surface area contributed by atoms with E-state index in [4.69, 9.17) is 9.47 Å². The number of nitrogens with one attached hydrogen (secondary N) is 1. The van der Waals surface area contributed by atoms with E-state index in [1.807, 2.05) is 30.3 Å². The van der Waals surface area contributed by atoms with Gasteiger partial charge in [-0.2, -0.15) is 0 Å². The number of carbonyl (C=O) groups is 2. The highest BCUT2D eigenvalue weighted by Gasteiger charge is 2.29. The highest BCUT2D eigenvalue weighted by atomic mass is 16.5. The van der Waals surface area contributed by atoms with Crippen LogP contribution in [0.2, 0.25) is 0 Å². The first-order valence-electron chi connectivity index (χ1n) is 11.2. The van der Waals surface area contributed by atoms with Gasteiger partial charge in [0.1, 0.15) is 12.4 Å². The molecule has 0 spiro atoms. The first-order valence-corrected chi connectivity index (χ1v) is 11.2. The van der Waals surface area contributed by atoms with Crippen LogP contribution >= 0.6 is 0 Å². The minimum Gasteiger partial charge on any atom is -0.493 e. The first kappa shape index (κ1) is 22.9. The molecule has 1 N–H and O–H groups in total. The normalized spacial score (nSPS) is 18.1. The van der Waals surface area contributed by atoms with Crippen molar-refractivity contribution < 1.29 is 19.1 Å². The van der Waals surface area contributed by atoms with Crippen LogP contribution in [0.3, 0.4) is 0 Å². The summed E-state index contributed by atoms with van der Waals surface area (Å²) in [6.45, 7) is 7.13. The van der Waals surface area contributed by atoms with Gasteiger partial charge < -0.3 is 14.8 Å². The Hall–Kier alpha value is -2.82. The smallest absolute Gasteiger partial charge is 0.338 e. The molecule has 2 atom stereocenters. The SMILES string of the molecule is CC(C)CCOc1cc(NC(=O)[C@H]2CCC[C@@H]2C)cc(C(=O)OCc2ccccc2)c1. The molecule has 31 heavy (non-hydrogen) atoms. The van der Waals surface area contributed by atoms with Crippen molar-refractivity contribution in [2.75, 3.05) is 11.9 Å². The van der Waals surface area contributed by atoms with Gasteiger partial charge in [-0.3, -0.25) is 4.79 Å². The maximum atomic E-state index is 12.8. The summed E-state index contributed by atoms with van der Waals surface area (Å²) in [7, 11) is 0. The zero-order chi connectivity index (χ0) is 22.2. The largest absolute Gasteiger partial charge is 0.493 e. The molecule has 1 aliphatic rings. The van der Waals surface area contributed by atoms with Gasteiger partial charge in [0.15, 0.2) is 0 Å². The molecule has 1 amide bonds. The molecule has 0 aliphatic heterocycles. The number of amides is 1. The number of ether oxygens (including phenoxy) is 2. The Kier molecular flexibility index (Phi) is 8.10. The summed E-state index contributed by atoms with van der Waals surface area (Å²) in [5.41, 5.74) is 1.86. The molecule has 1 saturated carbocycles. The Morgan fingerprint density at radius 3 is 2.55 bits per heavy atom. The zero-order valence-corrected chi connectivity index (χ0v) is 18.7. The van der Waals surface area contributed by atoms with Crippen LogP contribution in [-0.2, 0) is 16.1 Å². The number of carbonyl (C=O) groups excluding carboxylic acids is 2. The molecule has 1 aliphatic carbocycles. The van der Waals surface area contributed by atoms with E-state index in [1.165, 1.54) is 0 Å². The predicted molar refractivity (Wildman–Crippen MR) is 122 cm³/mol. The average molecular weight is 424 g/mol. The van der Waals surface area contributed by atoms with E-state index in [-0.39, 0.29) is 18.4 Å². The van der Waals surface area contributed by atoms with Crippen molar-refractivity contribution in [2.45, 2.75) is 53.1 Å². The molecule has 0 unspecified atom stereocenters. The minimum atomic E-state index is -0.442. The van der Waals surface area contributed by atoms with E-state index in [1.54, 1.807) is 18.2 Å². The Morgan fingerprint density at radius 2 is 1.87 bits per heavy atom. The third-order valence-electron chi connectivity index (χ3n) is 5.78. The lowest BCUT2D eigenvalue weighted by atomic mass is 9.97. The van der Waals surface area contributed by atoms with Gasteiger partial charge in [-0.15, -0.1) is 0 Å². The highest BCUT2D eigenvalue weighted by Crippen LogP contribution is 2.32. The maximum absolute atomic E-state index is 12.8. The lowest BCUT2D eigenvalue weighted by Crippen LogP contribution is -2.24. The molecule has 0 saturated heterocycles. The lowest BCUT2D eigenvalue weighted by Gasteiger charge is -2.17. The summed E-state index contributed by atoms with van der Waals surface area (Å²) in [5, 5.41) is 3.00. The fourth-order valence-corrected chi connectivity index (χ4v) is 3.86. The van der Waals surface area contributed by atoms with Crippen LogP contribution in [-0.4, -0.2) is 18.5 Å². The van der Waals surface area contributed by atoms with Crippen LogP contribution < -0.4 is 10.1 Å². The van der Waals surface area contributed by atoms with Gasteiger partial charge in [-0.25, -0.2) is 4.79 Å². The molecule has 1 fully saturated rings. The van der Waals surface area contributed by atoms with Gasteiger partial charge >= 0.3 is 5.97 Å². The minimum absolute atomic E-state index is 0.00735. The Morgan fingerprint density at radius 1 is 1.10 bits per heavy atom. The zero-order valence-electron chi connectivity index (χ0n) is 18.7. The van der Waals surface area contributed by atoms with Crippen LogP contribution in [0.1, 0.15) is 62.4 Å². The van der Waals surface area contributed by atoms with Crippen molar-refractivity contribution in [2.24, 2.45) is 17.8 Å². The van der Waals surface area contributed by atoms with E-state index in [0.29, 0.717) is 35.4 Å². The molecule has 0 heterocycles. The fourth-order valence-electron chi connectivity index (χ4n) is 3.86. The number of benzene rings is 2. The van der Waals surface area contributed by atoms with Crippen molar-refractivity contribution >= 4 is 17.6 Å². The summed E-state index contributed by atoms with van der Waals surface area (Å²) in [4.78, 5) is 25.5. The van der Waals surface area contributed by atoms with E-state index in [2.05, 4.69) is 26.1 Å². The van der Waals surface area contributed by atoms with Crippen LogP contribution in [0.25, 0.3) is 0 Å². The average Bonchev–Trinajstić information content (AvgIpc) is 3.18. The molecule has 3 rings (SSSR count). The monoisotopic (exact) mass is 423 g/mol. The molecule has 0 radical (unpaired) electrons. The van der Waals surface area contributed by atoms with Crippen molar-refractivity contribution in [1.29, 1.82) is 0 Å². The number of rotatable bonds is 9. The van der Waals surface area contributed by atoms with Crippen molar-refractivity contribution in [3.63, 3.8) is 0 Å². The van der Waals surface area contributed by atoms with Crippen LogP contribution in [0, 0.1) is 17.8 Å². The van der Waals surface area contributed by atoms with Crippen molar-refractivity contribution in [1.82, 2.24) is 0 Å². The third kappa shape index (κ3) is 6.84. The van der Waals surface area contributed by atoms with Gasteiger partial charge in [-0.1, -0.05) is 57.5 Å². The molecule has 166 valence electrons. The maximum Gasteiger partial charge on any atom is 0.338 e. The van der Waals surface area contributed by atoms with Crippen LogP contribution in [0.4, 0.5) is 5.69 Å². The Balaban J connectivity index is 1.73. The molecule has 0 aromatic heterocycles. The van der Waals surface area contributed by atoms with Gasteiger partial charge in [0.05, 0.1) is 12.2 Å². The summed E-state index contributed by atoms with van der Waals surface area (Å²) >= 11 is 0. The third-order valence-corrected chi connectivity index (χ3v) is 5.78. The van der Waals surface area contributed by atoms with Crippen molar-refractivity contribution in [3.05, 3.63) is 59.7 Å².